The van der Waals surface area contributed by atoms with Crippen molar-refractivity contribution in [1.82, 2.24) is 0 Å². The summed E-state index contributed by atoms with van der Waals surface area (Å²) in [6.07, 6.45) is 1.65. The van der Waals surface area contributed by atoms with E-state index in [2.05, 4.69) is 5.32 Å². The molecule has 1 amide bonds. The molecule has 0 spiro atoms. The molecule has 0 fully saturated rings. The minimum Gasteiger partial charge on any atom is -0.497 e. The molecule has 1 N–H and O–H groups in total. The number of hydrogen-bond donors (Lipinski definition) is 1. The summed E-state index contributed by atoms with van der Waals surface area (Å²) >= 11 is 0. The lowest BCUT2D eigenvalue weighted by atomic mass is 10.1. The number of Topliss-reactive ketones (excluding diaryl/α,β-unsaturated/α-hetero) is 1. The zero-order valence-corrected chi connectivity index (χ0v) is 12.4. The predicted octanol–water partition coefficient (Wildman–Crippen LogP) is 3.01. The van der Waals surface area contributed by atoms with Gasteiger partial charge in [0.2, 0.25) is 5.91 Å². The number of fused-ring (bicyclic) bond motifs is 1. The van der Waals surface area contributed by atoms with Crippen LogP contribution in [0.3, 0.4) is 0 Å². The maximum absolute atomic E-state index is 12.1. The third-order valence-electron chi connectivity index (χ3n) is 3.84. The molecule has 0 heterocycles. The fraction of sp³-hybridized carbons (Fsp3) is 0.222. The smallest absolute Gasteiger partial charge is 0.228 e. The van der Waals surface area contributed by atoms with Gasteiger partial charge in [0.1, 0.15) is 5.75 Å². The highest BCUT2D eigenvalue weighted by molar-refractivity contribution is 6.02. The molecule has 3 rings (SSSR count). The average Bonchev–Trinajstić information content (AvgIpc) is 2.89. The van der Waals surface area contributed by atoms with Crippen LogP contribution < -0.4 is 10.1 Å². The summed E-state index contributed by atoms with van der Waals surface area (Å²) < 4.78 is 5.09. The van der Waals surface area contributed by atoms with Crippen molar-refractivity contribution in [2.75, 3.05) is 12.4 Å². The van der Waals surface area contributed by atoms with E-state index in [0.717, 1.165) is 28.9 Å². The van der Waals surface area contributed by atoms with E-state index in [1.165, 1.54) is 0 Å². The molecule has 22 heavy (non-hydrogen) atoms. The number of nitrogens with one attached hydrogen (secondary N) is 1. The van der Waals surface area contributed by atoms with Crippen molar-refractivity contribution in [2.45, 2.75) is 19.3 Å². The monoisotopic (exact) mass is 295 g/mol. The van der Waals surface area contributed by atoms with Gasteiger partial charge in [0.05, 0.1) is 13.5 Å². The van der Waals surface area contributed by atoms with Gasteiger partial charge in [-0.05, 0) is 41.8 Å². The molecule has 0 atom stereocenters. The fourth-order valence-corrected chi connectivity index (χ4v) is 2.65. The van der Waals surface area contributed by atoms with E-state index in [1.807, 2.05) is 36.4 Å². The van der Waals surface area contributed by atoms with Crippen molar-refractivity contribution >= 4 is 17.4 Å². The molecule has 0 unspecified atom stereocenters. The first-order valence-electron chi connectivity index (χ1n) is 7.24. The first kappa shape index (κ1) is 14.3. The predicted molar refractivity (Wildman–Crippen MR) is 84.4 cm³/mol. The normalized spacial score (nSPS) is 12.9. The van der Waals surface area contributed by atoms with Crippen LogP contribution in [-0.4, -0.2) is 18.8 Å². The van der Waals surface area contributed by atoms with Crippen molar-refractivity contribution in [1.29, 1.82) is 0 Å². The Labute approximate surface area is 129 Å². The van der Waals surface area contributed by atoms with Gasteiger partial charge in [0, 0.05) is 17.7 Å². The Morgan fingerprint density at radius 3 is 2.64 bits per heavy atom. The molecule has 2 aromatic rings. The lowest BCUT2D eigenvalue weighted by Gasteiger charge is -2.07. The highest BCUT2D eigenvalue weighted by Gasteiger charge is 2.19. The van der Waals surface area contributed by atoms with Gasteiger partial charge in [-0.2, -0.15) is 0 Å². The molecule has 112 valence electrons. The minimum atomic E-state index is -0.101. The maximum atomic E-state index is 12.1. The van der Waals surface area contributed by atoms with Gasteiger partial charge in [-0.15, -0.1) is 0 Å². The van der Waals surface area contributed by atoms with Crippen LogP contribution in [-0.2, 0) is 17.6 Å². The minimum absolute atomic E-state index is 0.101. The van der Waals surface area contributed by atoms with Gasteiger partial charge in [0.15, 0.2) is 5.78 Å². The zero-order valence-electron chi connectivity index (χ0n) is 12.4. The summed E-state index contributed by atoms with van der Waals surface area (Å²) in [6.45, 7) is 0. The topological polar surface area (TPSA) is 55.4 Å². The number of hydrogen-bond acceptors (Lipinski definition) is 3. The number of ether oxygens (including phenoxy) is 1. The Morgan fingerprint density at radius 1 is 1.14 bits per heavy atom. The van der Waals surface area contributed by atoms with Crippen molar-refractivity contribution in [2.24, 2.45) is 0 Å². The molecule has 1 aliphatic carbocycles. The quantitative estimate of drug-likeness (QED) is 0.943. The number of rotatable bonds is 4. The number of carbonyl (C=O) groups excluding carboxylic acids is 2. The number of anilines is 1. The molecule has 0 radical (unpaired) electrons. The summed E-state index contributed by atoms with van der Waals surface area (Å²) in [5, 5.41) is 2.85. The lowest BCUT2D eigenvalue weighted by molar-refractivity contribution is -0.115. The molecule has 1 aliphatic rings. The average molecular weight is 295 g/mol. The van der Waals surface area contributed by atoms with Crippen molar-refractivity contribution in [3.05, 3.63) is 59.2 Å². The maximum Gasteiger partial charge on any atom is 0.228 e. The van der Waals surface area contributed by atoms with E-state index >= 15 is 0 Å². The SMILES string of the molecule is COc1ccc(CC(=O)Nc2ccc3c(c2)C(=O)CC3)cc1. The van der Waals surface area contributed by atoms with E-state index in [4.69, 9.17) is 4.74 Å². The Bertz CT molecular complexity index is 720. The summed E-state index contributed by atoms with van der Waals surface area (Å²) in [5.41, 5.74) is 3.39. The van der Waals surface area contributed by atoms with Crippen LogP contribution in [0.25, 0.3) is 0 Å². The zero-order chi connectivity index (χ0) is 15.5. The van der Waals surface area contributed by atoms with E-state index in [1.54, 1.807) is 13.2 Å². The second-order valence-corrected chi connectivity index (χ2v) is 5.37. The van der Waals surface area contributed by atoms with Crippen LogP contribution in [0.15, 0.2) is 42.5 Å². The lowest BCUT2D eigenvalue weighted by Crippen LogP contribution is -2.14. The van der Waals surface area contributed by atoms with Crippen molar-refractivity contribution in [3.8, 4) is 5.75 Å². The van der Waals surface area contributed by atoms with Crippen LogP contribution in [0.5, 0.6) is 5.75 Å². The number of amides is 1. The van der Waals surface area contributed by atoms with Crippen molar-refractivity contribution < 1.29 is 14.3 Å². The first-order chi connectivity index (χ1) is 10.7. The van der Waals surface area contributed by atoms with Crippen LogP contribution in [0.4, 0.5) is 5.69 Å². The molecule has 4 heteroatoms. The highest BCUT2D eigenvalue weighted by atomic mass is 16.5. The molecular formula is C18H17NO3. The van der Waals surface area contributed by atoms with Crippen molar-refractivity contribution in [3.63, 3.8) is 0 Å². The van der Waals surface area contributed by atoms with Crippen LogP contribution in [0.1, 0.15) is 27.9 Å². The van der Waals surface area contributed by atoms with Crippen LogP contribution in [0, 0.1) is 0 Å². The molecular weight excluding hydrogens is 278 g/mol. The van der Waals surface area contributed by atoms with E-state index in [0.29, 0.717) is 12.1 Å². The van der Waals surface area contributed by atoms with E-state index < -0.39 is 0 Å². The van der Waals surface area contributed by atoms with E-state index in [9.17, 15) is 9.59 Å². The standard InChI is InChI=1S/C18H17NO3/c1-22-15-7-2-12(3-8-15)10-18(21)19-14-6-4-13-5-9-17(20)16(13)11-14/h2-4,6-8,11H,5,9-10H2,1H3,(H,19,21). The molecule has 0 aliphatic heterocycles. The summed E-state index contributed by atoms with van der Waals surface area (Å²) in [7, 11) is 1.61. The molecule has 0 saturated carbocycles. The van der Waals surface area contributed by atoms with Gasteiger partial charge in [-0.25, -0.2) is 0 Å². The first-order valence-corrected chi connectivity index (χ1v) is 7.24. The Hall–Kier alpha value is -2.62. The Balaban J connectivity index is 1.66. The van der Waals surface area contributed by atoms with Gasteiger partial charge in [-0.1, -0.05) is 18.2 Å². The molecule has 0 bridgehead atoms. The second-order valence-electron chi connectivity index (χ2n) is 5.37. The molecule has 4 nitrogen and oxygen atoms in total. The fourth-order valence-electron chi connectivity index (χ4n) is 2.65. The van der Waals surface area contributed by atoms with Gasteiger partial charge < -0.3 is 10.1 Å². The number of ketones is 1. The van der Waals surface area contributed by atoms with Gasteiger partial charge >= 0.3 is 0 Å². The molecule has 0 saturated heterocycles. The number of carbonyl (C=O) groups is 2. The number of aryl methyl sites for hydroxylation is 1. The second kappa shape index (κ2) is 6.02. The third-order valence-corrected chi connectivity index (χ3v) is 3.84. The Kier molecular flexibility index (Phi) is 3.92. The summed E-state index contributed by atoms with van der Waals surface area (Å²) in [5.74, 6) is 0.818. The largest absolute Gasteiger partial charge is 0.497 e. The van der Waals surface area contributed by atoms with E-state index in [-0.39, 0.29) is 18.1 Å². The molecule has 0 aromatic heterocycles. The third kappa shape index (κ3) is 3.01. The highest BCUT2D eigenvalue weighted by Crippen LogP contribution is 2.25. The van der Waals surface area contributed by atoms with Crippen LogP contribution in [0.2, 0.25) is 0 Å². The number of methoxy groups -OCH3 is 1. The Morgan fingerprint density at radius 2 is 1.91 bits per heavy atom. The summed E-state index contributed by atoms with van der Waals surface area (Å²) in [4.78, 5) is 23.8. The molecule has 2 aromatic carbocycles. The van der Waals surface area contributed by atoms with Crippen LogP contribution >= 0.6 is 0 Å². The summed E-state index contributed by atoms with van der Waals surface area (Å²) in [6, 6.07) is 12.9. The number of benzene rings is 2. The van der Waals surface area contributed by atoms with Gasteiger partial charge in [0.25, 0.3) is 0 Å². The van der Waals surface area contributed by atoms with Gasteiger partial charge in [-0.3, -0.25) is 9.59 Å².